The second kappa shape index (κ2) is 4.29. The summed E-state index contributed by atoms with van der Waals surface area (Å²) in [5, 5.41) is 3.52. The number of amides is 1. The maximum atomic E-state index is 12.1. The van der Waals surface area contributed by atoms with Gasteiger partial charge in [0.05, 0.1) is 10.7 Å². The lowest BCUT2D eigenvalue weighted by molar-refractivity contribution is -0.120. The van der Waals surface area contributed by atoms with Gasteiger partial charge in [0, 0.05) is 10.4 Å². The lowest BCUT2D eigenvalue weighted by Crippen LogP contribution is -2.21. The molecule has 17 heavy (non-hydrogen) atoms. The van der Waals surface area contributed by atoms with Crippen LogP contribution in [0.1, 0.15) is 19.3 Å². The lowest BCUT2D eigenvalue weighted by atomic mass is 10.0. The van der Waals surface area contributed by atoms with Crippen LogP contribution in [0.2, 0.25) is 5.02 Å². The zero-order chi connectivity index (χ0) is 12.0. The van der Waals surface area contributed by atoms with E-state index in [0.717, 1.165) is 29.2 Å². The summed E-state index contributed by atoms with van der Waals surface area (Å²) in [5.41, 5.74) is 0.701. The first-order valence-corrected chi connectivity index (χ1v) is 7.06. The molecular weight excluding hydrogens is 302 g/mol. The van der Waals surface area contributed by atoms with Crippen LogP contribution in [-0.4, -0.2) is 5.91 Å². The summed E-state index contributed by atoms with van der Waals surface area (Å²) < 4.78 is 0.923. The normalized spacial score (nSPS) is 29.9. The van der Waals surface area contributed by atoms with Crippen molar-refractivity contribution in [2.24, 2.45) is 17.8 Å². The van der Waals surface area contributed by atoms with E-state index in [-0.39, 0.29) is 11.8 Å². The minimum absolute atomic E-state index is 0.122. The number of benzene rings is 1. The molecule has 2 nitrogen and oxygen atoms in total. The van der Waals surface area contributed by atoms with Gasteiger partial charge in [-0.15, -0.1) is 0 Å². The summed E-state index contributed by atoms with van der Waals surface area (Å²) in [6.45, 7) is 0. The fourth-order valence-electron chi connectivity index (χ4n) is 2.76. The first kappa shape index (κ1) is 11.5. The molecule has 2 aliphatic carbocycles. The van der Waals surface area contributed by atoms with Crippen LogP contribution >= 0.6 is 27.5 Å². The van der Waals surface area contributed by atoms with E-state index in [1.165, 1.54) is 6.42 Å². The van der Waals surface area contributed by atoms with Gasteiger partial charge in [0.25, 0.3) is 0 Å². The van der Waals surface area contributed by atoms with Gasteiger partial charge in [0.15, 0.2) is 0 Å². The lowest BCUT2D eigenvalue weighted by Gasteiger charge is -2.13. The number of hydrogen-bond donors (Lipinski definition) is 1. The Kier molecular flexibility index (Phi) is 2.91. The maximum absolute atomic E-state index is 12.1. The average Bonchev–Trinajstić information content (AvgIpc) is 2.91. The molecule has 2 fully saturated rings. The Morgan fingerprint density at radius 2 is 2.00 bits per heavy atom. The SMILES string of the molecule is O=C(Nc1cc(Br)ccc1Cl)C1CC2CC2C1. The van der Waals surface area contributed by atoms with Gasteiger partial charge in [0.2, 0.25) is 5.91 Å². The summed E-state index contributed by atoms with van der Waals surface area (Å²) in [6, 6.07) is 5.49. The fourth-order valence-corrected chi connectivity index (χ4v) is 3.28. The van der Waals surface area contributed by atoms with E-state index in [2.05, 4.69) is 21.2 Å². The van der Waals surface area contributed by atoms with Gasteiger partial charge < -0.3 is 5.32 Å². The summed E-state index contributed by atoms with van der Waals surface area (Å²) in [4.78, 5) is 12.1. The van der Waals surface area contributed by atoms with Crippen molar-refractivity contribution in [2.75, 3.05) is 5.32 Å². The quantitative estimate of drug-likeness (QED) is 0.875. The molecule has 90 valence electrons. The highest BCUT2D eigenvalue weighted by molar-refractivity contribution is 9.10. The number of rotatable bonds is 2. The molecule has 0 aliphatic heterocycles. The Morgan fingerprint density at radius 3 is 2.71 bits per heavy atom. The van der Waals surface area contributed by atoms with Gasteiger partial charge in [0.1, 0.15) is 0 Å². The second-order valence-corrected chi connectivity index (χ2v) is 6.36. The number of halogens is 2. The first-order valence-electron chi connectivity index (χ1n) is 5.89. The Morgan fingerprint density at radius 1 is 1.29 bits per heavy atom. The van der Waals surface area contributed by atoms with Crippen molar-refractivity contribution in [1.29, 1.82) is 0 Å². The zero-order valence-electron chi connectivity index (χ0n) is 9.25. The van der Waals surface area contributed by atoms with Crippen molar-refractivity contribution in [3.05, 3.63) is 27.7 Å². The van der Waals surface area contributed by atoms with Crippen LogP contribution in [0.4, 0.5) is 5.69 Å². The Labute approximate surface area is 114 Å². The Hall–Kier alpha value is -0.540. The van der Waals surface area contributed by atoms with Gasteiger partial charge in [-0.3, -0.25) is 4.79 Å². The van der Waals surface area contributed by atoms with Crippen LogP contribution in [0.25, 0.3) is 0 Å². The fraction of sp³-hybridized carbons (Fsp3) is 0.462. The molecule has 0 bridgehead atoms. The highest BCUT2D eigenvalue weighted by Gasteiger charge is 2.47. The molecule has 1 N–H and O–H groups in total. The maximum Gasteiger partial charge on any atom is 0.227 e. The summed E-state index contributed by atoms with van der Waals surface area (Å²) in [5.74, 6) is 1.96. The number of anilines is 1. The number of hydrogen-bond acceptors (Lipinski definition) is 1. The van der Waals surface area contributed by atoms with E-state index in [1.807, 2.05) is 12.1 Å². The minimum Gasteiger partial charge on any atom is -0.324 e. The zero-order valence-corrected chi connectivity index (χ0v) is 11.6. The van der Waals surface area contributed by atoms with Crippen LogP contribution in [0.3, 0.4) is 0 Å². The number of carbonyl (C=O) groups is 1. The van der Waals surface area contributed by atoms with E-state index in [9.17, 15) is 4.79 Å². The van der Waals surface area contributed by atoms with Crippen LogP contribution in [0.15, 0.2) is 22.7 Å². The Bertz CT molecular complexity index is 466. The van der Waals surface area contributed by atoms with Gasteiger partial charge in [-0.1, -0.05) is 27.5 Å². The third-order valence-corrected chi connectivity index (χ3v) is 4.62. The summed E-state index contributed by atoms with van der Waals surface area (Å²) >= 11 is 9.43. The van der Waals surface area contributed by atoms with Gasteiger partial charge >= 0.3 is 0 Å². The number of carbonyl (C=O) groups excluding carboxylic acids is 1. The highest BCUT2D eigenvalue weighted by Crippen LogP contribution is 2.54. The molecule has 3 rings (SSSR count). The smallest absolute Gasteiger partial charge is 0.227 e. The molecule has 1 aromatic rings. The van der Waals surface area contributed by atoms with Gasteiger partial charge in [-0.25, -0.2) is 0 Å². The van der Waals surface area contributed by atoms with E-state index < -0.39 is 0 Å². The van der Waals surface area contributed by atoms with Crippen LogP contribution in [-0.2, 0) is 4.79 Å². The van der Waals surface area contributed by atoms with E-state index in [1.54, 1.807) is 6.07 Å². The average molecular weight is 315 g/mol. The van der Waals surface area contributed by atoms with Crippen LogP contribution in [0, 0.1) is 17.8 Å². The summed E-state index contributed by atoms with van der Waals surface area (Å²) in [6.07, 6.45) is 3.45. The van der Waals surface area contributed by atoms with Crippen molar-refractivity contribution < 1.29 is 4.79 Å². The molecule has 4 heteroatoms. The molecule has 1 amide bonds. The molecule has 1 aromatic carbocycles. The molecule has 2 atom stereocenters. The third kappa shape index (κ3) is 2.36. The summed E-state index contributed by atoms with van der Waals surface area (Å²) in [7, 11) is 0. The number of fused-ring (bicyclic) bond motifs is 1. The van der Waals surface area contributed by atoms with E-state index in [4.69, 9.17) is 11.6 Å². The topological polar surface area (TPSA) is 29.1 Å². The van der Waals surface area contributed by atoms with Crippen molar-refractivity contribution >= 4 is 39.1 Å². The molecule has 0 heterocycles. The first-order chi connectivity index (χ1) is 8.13. The van der Waals surface area contributed by atoms with Crippen LogP contribution in [0.5, 0.6) is 0 Å². The van der Waals surface area contributed by atoms with Crippen molar-refractivity contribution in [3.8, 4) is 0 Å². The van der Waals surface area contributed by atoms with Crippen molar-refractivity contribution in [3.63, 3.8) is 0 Å². The van der Waals surface area contributed by atoms with E-state index in [0.29, 0.717) is 10.7 Å². The highest BCUT2D eigenvalue weighted by atomic mass is 79.9. The van der Waals surface area contributed by atoms with Crippen molar-refractivity contribution in [1.82, 2.24) is 0 Å². The molecule has 0 spiro atoms. The predicted molar refractivity (Wildman–Crippen MR) is 72.1 cm³/mol. The molecule has 0 aromatic heterocycles. The van der Waals surface area contributed by atoms with Crippen LogP contribution < -0.4 is 5.32 Å². The molecule has 0 saturated heterocycles. The largest absolute Gasteiger partial charge is 0.324 e. The molecule has 2 unspecified atom stereocenters. The predicted octanol–water partition coefficient (Wildman–Crippen LogP) is 4.09. The molecule has 2 saturated carbocycles. The Balaban J connectivity index is 1.69. The number of nitrogens with one attached hydrogen (secondary N) is 1. The second-order valence-electron chi connectivity index (χ2n) is 5.04. The minimum atomic E-state index is 0.122. The standard InChI is InChI=1S/C13H13BrClNO/c14-10-1-2-11(15)12(6-10)16-13(17)9-4-7-3-8(7)5-9/h1-2,6-9H,3-5H2,(H,16,17). The third-order valence-electron chi connectivity index (χ3n) is 3.80. The molecule has 2 aliphatic rings. The molecule has 0 radical (unpaired) electrons. The van der Waals surface area contributed by atoms with Gasteiger partial charge in [-0.05, 0) is 49.3 Å². The van der Waals surface area contributed by atoms with Gasteiger partial charge in [-0.2, -0.15) is 0 Å². The van der Waals surface area contributed by atoms with Crippen molar-refractivity contribution in [2.45, 2.75) is 19.3 Å². The van der Waals surface area contributed by atoms with E-state index >= 15 is 0 Å². The molecular formula is C13H13BrClNO. The monoisotopic (exact) mass is 313 g/mol.